The summed E-state index contributed by atoms with van der Waals surface area (Å²) in [4.78, 5) is 4.38. The van der Waals surface area contributed by atoms with Gasteiger partial charge in [-0.3, -0.25) is 4.99 Å². The first kappa shape index (κ1) is 19.4. The molecule has 0 saturated carbocycles. The fraction of sp³-hybridized carbons (Fsp3) is 0.278. The van der Waals surface area contributed by atoms with Crippen molar-refractivity contribution in [2.24, 2.45) is 10.7 Å². The van der Waals surface area contributed by atoms with E-state index >= 15 is 0 Å². The summed E-state index contributed by atoms with van der Waals surface area (Å²) in [5, 5.41) is 3.12. The second-order valence-corrected chi connectivity index (χ2v) is 5.04. The van der Waals surface area contributed by atoms with Crippen LogP contribution in [-0.2, 0) is 11.2 Å². The second-order valence-electron chi connectivity index (χ2n) is 5.04. The molecule has 0 bridgehead atoms. The number of anilines is 1. The number of benzene rings is 2. The Kier molecular flexibility index (Phi) is 8.65. The predicted molar refractivity (Wildman–Crippen MR) is 108 cm³/mol. The maximum Gasteiger partial charge on any atom is 0.193 e. The van der Waals surface area contributed by atoms with E-state index in [1.165, 1.54) is 5.56 Å². The van der Waals surface area contributed by atoms with Gasteiger partial charge in [0.1, 0.15) is 6.10 Å². The topological polar surface area (TPSA) is 59.6 Å². The van der Waals surface area contributed by atoms with Gasteiger partial charge in [-0.15, -0.1) is 24.0 Å². The summed E-state index contributed by atoms with van der Waals surface area (Å²) in [5.74, 6) is 0.395. The van der Waals surface area contributed by atoms with E-state index in [2.05, 4.69) is 29.4 Å². The number of rotatable bonds is 6. The van der Waals surface area contributed by atoms with E-state index in [0.29, 0.717) is 12.5 Å². The number of nitrogens with one attached hydrogen (secondary N) is 1. The fourth-order valence-electron chi connectivity index (χ4n) is 2.22. The highest BCUT2D eigenvalue weighted by atomic mass is 127. The van der Waals surface area contributed by atoms with Gasteiger partial charge in [0, 0.05) is 12.8 Å². The van der Waals surface area contributed by atoms with Crippen LogP contribution >= 0.6 is 24.0 Å². The molecule has 0 aliphatic rings. The van der Waals surface area contributed by atoms with Crippen LogP contribution in [0.2, 0.25) is 0 Å². The molecule has 4 nitrogen and oxygen atoms in total. The van der Waals surface area contributed by atoms with Gasteiger partial charge in [-0.1, -0.05) is 49.4 Å². The first-order valence-electron chi connectivity index (χ1n) is 7.46. The molecule has 1 atom stereocenters. The molecular weight excluding hydrogens is 401 g/mol. The van der Waals surface area contributed by atoms with E-state index in [1.807, 2.05) is 42.5 Å². The third-order valence-corrected chi connectivity index (χ3v) is 3.49. The number of hydrogen-bond donors (Lipinski definition) is 2. The van der Waals surface area contributed by atoms with Gasteiger partial charge in [0.05, 0.1) is 6.54 Å². The second kappa shape index (κ2) is 10.2. The summed E-state index contributed by atoms with van der Waals surface area (Å²) in [7, 11) is 1.68. The Morgan fingerprint density at radius 2 is 1.91 bits per heavy atom. The molecule has 124 valence electrons. The van der Waals surface area contributed by atoms with Crippen LogP contribution in [0.15, 0.2) is 59.6 Å². The monoisotopic (exact) mass is 425 g/mol. The lowest BCUT2D eigenvalue weighted by atomic mass is 10.1. The molecule has 0 aliphatic carbocycles. The Morgan fingerprint density at radius 3 is 2.57 bits per heavy atom. The smallest absolute Gasteiger partial charge is 0.193 e. The number of guanidine groups is 1. The Labute approximate surface area is 155 Å². The number of hydrogen-bond acceptors (Lipinski definition) is 2. The molecule has 0 radical (unpaired) electrons. The molecule has 0 spiro atoms. The van der Waals surface area contributed by atoms with Crippen LogP contribution < -0.4 is 11.1 Å². The van der Waals surface area contributed by atoms with Crippen LogP contribution in [0.4, 0.5) is 5.69 Å². The molecular formula is C18H24IN3O. The minimum Gasteiger partial charge on any atom is -0.375 e. The Balaban J connectivity index is 0.00000264. The molecule has 2 aromatic carbocycles. The molecule has 2 aromatic rings. The summed E-state index contributed by atoms with van der Waals surface area (Å²) in [6.45, 7) is 2.60. The minimum atomic E-state index is -0.0940. The summed E-state index contributed by atoms with van der Waals surface area (Å²) in [6.07, 6.45) is 0.898. The number of nitrogens with zero attached hydrogens (tertiary/aromatic N) is 1. The van der Waals surface area contributed by atoms with Crippen molar-refractivity contribution in [3.8, 4) is 0 Å². The van der Waals surface area contributed by atoms with Crippen LogP contribution in [0.5, 0.6) is 0 Å². The largest absolute Gasteiger partial charge is 0.375 e. The van der Waals surface area contributed by atoms with E-state index in [-0.39, 0.29) is 30.1 Å². The standard InChI is InChI=1S/C18H23N3O.HI/c1-3-14-8-7-11-16(12-14)21-18(19)20-13-17(22-2)15-9-5-4-6-10-15;/h4-12,17H,3,13H2,1-2H3,(H3,19,20,21);1H. The highest BCUT2D eigenvalue weighted by Crippen LogP contribution is 2.16. The predicted octanol–water partition coefficient (Wildman–Crippen LogP) is 3.98. The molecule has 23 heavy (non-hydrogen) atoms. The Hall–Kier alpha value is -1.60. The van der Waals surface area contributed by atoms with E-state index in [1.54, 1.807) is 7.11 Å². The normalized spacial score (nSPS) is 12.3. The molecule has 0 saturated heterocycles. The zero-order chi connectivity index (χ0) is 15.8. The van der Waals surface area contributed by atoms with Gasteiger partial charge in [-0.25, -0.2) is 0 Å². The summed E-state index contributed by atoms with van der Waals surface area (Å²) in [6, 6.07) is 18.2. The number of aryl methyl sites for hydroxylation is 1. The molecule has 3 N–H and O–H groups in total. The van der Waals surface area contributed by atoms with Gasteiger partial charge in [-0.05, 0) is 29.7 Å². The van der Waals surface area contributed by atoms with Crippen molar-refractivity contribution in [1.82, 2.24) is 0 Å². The first-order chi connectivity index (χ1) is 10.7. The Bertz CT molecular complexity index is 617. The quantitative estimate of drug-likeness (QED) is 0.418. The van der Waals surface area contributed by atoms with Crippen LogP contribution in [-0.4, -0.2) is 19.6 Å². The molecule has 0 amide bonds. The van der Waals surface area contributed by atoms with Gasteiger partial charge < -0.3 is 15.8 Å². The zero-order valence-electron chi connectivity index (χ0n) is 13.5. The SMILES string of the molecule is CCc1cccc(NC(N)=NCC(OC)c2ccccc2)c1.I. The van der Waals surface area contributed by atoms with Crippen molar-refractivity contribution in [1.29, 1.82) is 0 Å². The highest BCUT2D eigenvalue weighted by Gasteiger charge is 2.09. The van der Waals surface area contributed by atoms with Gasteiger partial charge in [0.2, 0.25) is 0 Å². The van der Waals surface area contributed by atoms with Crippen LogP contribution in [0.25, 0.3) is 0 Å². The number of halogens is 1. The van der Waals surface area contributed by atoms with Gasteiger partial charge in [-0.2, -0.15) is 0 Å². The van der Waals surface area contributed by atoms with Crippen LogP contribution in [0.1, 0.15) is 24.2 Å². The third-order valence-electron chi connectivity index (χ3n) is 3.49. The van der Waals surface area contributed by atoms with E-state index < -0.39 is 0 Å². The number of nitrogens with two attached hydrogens (primary N) is 1. The Morgan fingerprint density at radius 1 is 1.17 bits per heavy atom. The van der Waals surface area contributed by atoms with Crippen molar-refractivity contribution in [3.05, 3.63) is 65.7 Å². The summed E-state index contributed by atoms with van der Waals surface area (Å²) in [5.41, 5.74) is 9.27. The number of methoxy groups -OCH3 is 1. The maximum atomic E-state index is 5.96. The van der Waals surface area contributed by atoms with Crippen molar-refractivity contribution in [2.75, 3.05) is 19.0 Å². The number of ether oxygens (including phenoxy) is 1. The van der Waals surface area contributed by atoms with Gasteiger partial charge >= 0.3 is 0 Å². The molecule has 0 fully saturated rings. The summed E-state index contributed by atoms with van der Waals surface area (Å²) < 4.78 is 5.48. The average Bonchev–Trinajstić information content (AvgIpc) is 2.56. The minimum absolute atomic E-state index is 0. The first-order valence-corrected chi connectivity index (χ1v) is 7.46. The molecule has 0 heterocycles. The molecule has 0 aromatic heterocycles. The average molecular weight is 425 g/mol. The van der Waals surface area contributed by atoms with Crippen molar-refractivity contribution >= 4 is 35.6 Å². The molecule has 1 unspecified atom stereocenters. The van der Waals surface area contributed by atoms with E-state index in [4.69, 9.17) is 10.5 Å². The van der Waals surface area contributed by atoms with Crippen LogP contribution in [0, 0.1) is 0 Å². The maximum absolute atomic E-state index is 5.96. The lowest BCUT2D eigenvalue weighted by Gasteiger charge is -2.14. The molecule has 5 heteroatoms. The molecule has 0 aliphatic heterocycles. The van der Waals surface area contributed by atoms with Gasteiger partial charge in [0.15, 0.2) is 5.96 Å². The van der Waals surface area contributed by atoms with E-state index in [9.17, 15) is 0 Å². The molecule has 2 rings (SSSR count). The number of aliphatic imine (C=N–C) groups is 1. The van der Waals surface area contributed by atoms with Crippen LogP contribution in [0.3, 0.4) is 0 Å². The van der Waals surface area contributed by atoms with E-state index in [0.717, 1.165) is 17.7 Å². The van der Waals surface area contributed by atoms with Gasteiger partial charge in [0.25, 0.3) is 0 Å². The highest BCUT2D eigenvalue weighted by molar-refractivity contribution is 14.0. The summed E-state index contributed by atoms with van der Waals surface area (Å²) >= 11 is 0. The van der Waals surface area contributed by atoms with Crippen molar-refractivity contribution in [3.63, 3.8) is 0 Å². The zero-order valence-corrected chi connectivity index (χ0v) is 15.9. The fourth-order valence-corrected chi connectivity index (χ4v) is 2.22. The third kappa shape index (κ3) is 6.19. The van der Waals surface area contributed by atoms with Crippen molar-refractivity contribution in [2.45, 2.75) is 19.4 Å². The lowest BCUT2D eigenvalue weighted by Crippen LogP contribution is -2.24. The van der Waals surface area contributed by atoms with Crippen molar-refractivity contribution < 1.29 is 4.74 Å². The lowest BCUT2D eigenvalue weighted by molar-refractivity contribution is 0.111.